The Morgan fingerprint density at radius 3 is 0.400 bits per heavy atom. The van der Waals surface area contributed by atoms with E-state index < -0.39 is 32.5 Å². The van der Waals surface area contributed by atoms with Crippen molar-refractivity contribution in [2.24, 2.45) is 32.5 Å². The summed E-state index contributed by atoms with van der Waals surface area (Å²) < 4.78 is 0. The van der Waals surface area contributed by atoms with Crippen molar-refractivity contribution >= 4 is 34.7 Å². The minimum Gasteiger partial charge on any atom is -0.333 e. The molecule has 0 N–H and O–H groups in total. The Morgan fingerprint density at radius 2 is 0.350 bits per heavy atom. The van der Waals surface area contributed by atoms with Gasteiger partial charge in [0.2, 0.25) is 0 Å². The van der Waals surface area contributed by atoms with Gasteiger partial charge in [-0.05, 0) is 32.5 Å². The third kappa shape index (κ3) is 21.0. The number of carbonyl (C=O) groups is 6. The molecule has 0 fully saturated rings. The van der Waals surface area contributed by atoms with Crippen molar-refractivity contribution in [3.63, 3.8) is 0 Å². The van der Waals surface area contributed by atoms with E-state index in [2.05, 4.69) is 0 Å². The molecule has 0 radical (unpaired) electrons. The summed E-state index contributed by atoms with van der Waals surface area (Å²) in [6.45, 7) is 32.5. The number of hydrogen-bond acceptors (Lipinski definition) is 6. The van der Waals surface area contributed by atoms with Crippen LogP contribution in [0.1, 0.15) is 125 Å². The van der Waals surface area contributed by atoms with Gasteiger partial charge in [-0.3, -0.25) is 19.3 Å². The van der Waals surface area contributed by atoms with Crippen LogP contribution in [0.25, 0.3) is 0 Å². The summed E-state index contributed by atoms with van der Waals surface area (Å²) in [6.07, 6.45) is 3.67. The van der Waals surface area contributed by atoms with Crippen LogP contribution in [0, 0.1) is 51.8 Å². The summed E-state index contributed by atoms with van der Waals surface area (Å²) in [5.74, 6) is -0.625. The monoisotopic (exact) mass is 608 g/mol. The van der Waals surface area contributed by atoms with E-state index in [0.717, 1.165) is 0 Å². The van der Waals surface area contributed by atoms with E-state index in [1.807, 2.05) is 125 Å². The van der Waals surface area contributed by atoms with Crippen molar-refractivity contribution in [3.8, 4) is 0 Å². The van der Waals surface area contributed by atoms with Gasteiger partial charge in [0, 0.05) is 34.7 Å². The average Bonchev–Trinajstić information content (AvgIpc) is 2.64. The molecule has 0 aliphatic rings. The topological polar surface area (TPSA) is 102 Å². The van der Waals surface area contributed by atoms with Gasteiger partial charge in [-0.1, -0.05) is 125 Å². The Labute approximate surface area is 256 Å². The molecule has 40 heavy (non-hydrogen) atoms. The fourth-order valence-electron chi connectivity index (χ4n) is 1.66. The molecular weight excluding hydrogens is 551 g/mol. The number of rotatable bonds is 6. The van der Waals surface area contributed by atoms with Gasteiger partial charge in [-0.2, -0.15) is 0 Å². The van der Waals surface area contributed by atoms with Crippen molar-refractivity contribution in [1.29, 1.82) is 0 Å². The maximum atomic E-state index is 11.4. The van der Waals surface area contributed by atoms with Crippen LogP contribution in [-0.4, -0.2) is 34.7 Å². The van der Waals surface area contributed by atoms with E-state index in [0.29, 0.717) is 0 Å². The average molecular weight is 609 g/mol. The van der Waals surface area contributed by atoms with E-state index in [-0.39, 0.29) is 51.5 Å². The van der Waals surface area contributed by atoms with Crippen molar-refractivity contribution in [1.82, 2.24) is 0 Å². The zero-order valence-electron chi connectivity index (χ0n) is 28.5. The summed E-state index contributed by atoms with van der Waals surface area (Å²) in [5, 5.41) is 0. The third-order valence-corrected chi connectivity index (χ3v) is 5.22. The molecule has 0 spiro atoms. The zero-order chi connectivity index (χ0) is 32.6. The van der Waals surface area contributed by atoms with Crippen LogP contribution in [0.15, 0.2) is 0 Å². The van der Waals surface area contributed by atoms with Crippen molar-refractivity contribution < 1.29 is 45.5 Å². The Bertz CT molecular complexity index is 693. The molecule has 0 atom stereocenters. The van der Waals surface area contributed by atoms with E-state index in [9.17, 15) is 28.8 Å². The number of carbonyl (C=O) groups excluding carboxylic acids is 6. The van der Waals surface area contributed by atoms with Gasteiger partial charge >= 0.3 is 16.8 Å². The van der Waals surface area contributed by atoms with E-state index in [1.165, 1.54) is 19.3 Å². The van der Waals surface area contributed by atoms with Gasteiger partial charge < -0.3 is 28.8 Å². The zero-order valence-corrected chi connectivity index (χ0v) is 29.6. The standard InChI is InChI=1S/3C11H19O2.Co/c3*1-10(2,3)8(12)7-9(13)11(4,5)6;/h3*7H,1-6H3;/q3*-1;+3. The Balaban J connectivity index is -0.000000240. The summed E-state index contributed by atoms with van der Waals surface area (Å²) in [5.41, 5.74) is -2.74. The van der Waals surface area contributed by atoms with Crippen LogP contribution >= 0.6 is 0 Å². The van der Waals surface area contributed by atoms with E-state index >= 15 is 0 Å². The molecule has 0 aromatic carbocycles. The van der Waals surface area contributed by atoms with Crippen LogP contribution in [0.4, 0.5) is 0 Å². The fraction of sp³-hybridized carbons (Fsp3) is 0.727. The minimum absolute atomic E-state index is 0. The molecule has 0 saturated heterocycles. The van der Waals surface area contributed by atoms with Gasteiger partial charge in [-0.15, -0.1) is 0 Å². The van der Waals surface area contributed by atoms with Crippen molar-refractivity contribution in [3.05, 3.63) is 19.3 Å². The second-order valence-electron chi connectivity index (χ2n) is 16.1. The quantitative estimate of drug-likeness (QED) is 0.232. The van der Waals surface area contributed by atoms with Gasteiger partial charge in [0.05, 0.1) is 0 Å². The largest absolute Gasteiger partial charge is 3.00 e. The number of ketones is 6. The first kappa shape index (κ1) is 45.1. The van der Waals surface area contributed by atoms with Crippen LogP contribution in [-0.2, 0) is 45.5 Å². The Kier molecular flexibility index (Phi) is 18.0. The molecule has 0 saturated carbocycles. The molecule has 0 aliphatic carbocycles. The van der Waals surface area contributed by atoms with Gasteiger partial charge in [0.1, 0.15) is 0 Å². The number of hydrogen-bond donors (Lipinski definition) is 0. The predicted octanol–water partition coefficient (Wildman–Crippen LogP) is 7.26. The summed E-state index contributed by atoms with van der Waals surface area (Å²) >= 11 is 0. The minimum atomic E-state index is -0.457. The second kappa shape index (κ2) is 16.0. The summed E-state index contributed by atoms with van der Waals surface area (Å²) in [7, 11) is 0. The maximum Gasteiger partial charge on any atom is 3.00 e. The van der Waals surface area contributed by atoms with Crippen LogP contribution in [0.5, 0.6) is 0 Å². The van der Waals surface area contributed by atoms with Crippen LogP contribution in [0.3, 0.4) is 0 Å². The molecule has 0 aromatic rings. The molecule has 0 bridgehead atoms. The molecule has 0 aliphatic heterocycles. The first-order valence-corrected chi connectivity index (χ1v) is 13.5. The molecule has 234 valence electrons. The SMILES string of the molecule is CC(C)(C)C(=O)[CH-]C(=O)C(C)(C)C.CC(C)(C)C(=O)[CH-]C(=O)C(C)(C)C.CC(C)(C)C(=O)[CH-]C(=O)C(C)(C)C.[Co+3]. The second-order valence-corrected chi connectivity index (χ2v) is 16.1. The molecule has 7 heteroatoms. The van der Waals surface area contributed by atoms with Crippen molar-refractivity contribution in [2.45, 2.75) is 125 Å². The molecule has 0 aromatic heterocycles. The van der Waals surface area contributed by atoms with E-state index in [1.54, 1.807) is 0 Å². The van der Waals surface area contributed by atoms with Crippen molar-refractivity contribution in [2.75, 3.05) is 0 Å². The first-order chi connectivity index (χ1) is 16.6. The first-order valence-electron chi connectivity index (χ1n) is 13.5. The molecule has 0 amide bonds. The smallest absolute Gasteiger partial charge is 0.333 e. The molecular formula is C33H57CoO6. The fourth-order valence-corrected chi connectivity index (χ4v) is 1.66. The van der Waals surface area contributed by atoms with Crippen LogP contribution < -0.4 is 0 Å². The Morgan fingerprint density at radius 1 is 0.275 bits per heavy atom. The molecule has 0 rings (SSSR count). The normalized spacial score (nSPS) is 12.2. The maximum absolute atomic E-state index is 11.4. The third-order valence-electron chi connectivity index (χ3n) is 5.22. The molecule has 0 heterocycles. The summed E-state index contributed by atoms with van der Waals surface area (Å²) in [6, 6.07) is 0. The number of Topliss-reactive ketones (excluding diaryl/α,β-unsaturated/α-hetero) is 6. The van der Waals surface area contributed by atoms with Gasteiger partial charge in [0.15, 0.2) is 0 Å². The van der Waals surface area contributed by atoms with Crippen LogP contribution in [0.2, 0.25) is 0 Å². The predicted molar refractivity (Wildman–Crippen MR) is 160 cm³/mol. The molecule has 6 nitrogen and oxygen atoms in total. The van der Waals surface area contributed by atoms with Gasteiger partial charge in [0.25, 0.3) is 0 Å². The van der Waals surface area contributed by atoms with E-state index in [4.69, 9.17) is 0 Å². The van der Waals surface area contributed by atoms with Gasteiger partial charge in [-0.25, -0.2) is 0 Å². The Hall–Kier alpha value is -1.86. The molecule has 0 unspecified atom stereocenters. The summed E-state index contributed by atoms with van der Waals surface area (Å²) in [4.78, 5) is 68.7.